The molecule has 0 aromatic carbocycles. The van der Waals surface area contributed by atoms with E-state index in [1.165, 1.54) is 302 Å². The fraction of sp³-hybridized carbons (Fsp3) is 0.952. The third-order valence-electron chi connectivity index (χ3n) is 15.1. The Bertz CT molecular complexity index is 971. The molecule has 0 aliphatic carbocycles. The number of carbonyl (C=O) groups excluding carboxylic acids is 1. The minimum atomic E-state index is -0.748. The van der Waals surface area contributed by atoms with Gasteiger partial charge in [0.25, 0.3) is 0 Å². The molecule has 0 bridgehead atoms. The molecule has 5 nitrogen and oxygen atoms in total. The quantitative estimate of drug-likeness (QED) is 0.0361. The van der Waals surface area contributed by atoms with Crippen molar-refractivity contribution in [1.82, 2.24) is 5.32 Å². The first-order chi connectivity index (χ1) is 33.5. The highest BCUT2D eigenvalue weighted by atomic mass is 16.3. The predicted molar refractivity (Wildman–Crippen MR) is 301 cm³/mol. The molecule has 0 spiro atoms. The molecule has 0 aliphatic rings. The fourth-order valence-corrected chi connectivity index (χ4v) is 10.3. The molecule has 0 saturated carbocycles. The number of hydrogen-bond acceptors (Lipinski definition) is 4. The summed E-state index contributed by atoms with van der Waals surface area (Å²) in [5.74, 6) is -0.275. The summed E-state index contributed by atoms with van der Waals surface area (Å²) >= 11 is 0. The number of unbranched alkanes of at least 4 members (excludes halogenated alkanes) is 48. The van der Waals surface area contributed by atoms with Crippen molar-refractivity contribution < 1.29 is 20.1 Å². The summed E-state index contributed by atoms with van der Waals surface area (Å²) < 4.78 is 0. The zero-order valence-electron chi connectivity index (χ0n) is 46.5. The van der Waals surface area contributed by atoms with Crippen LogP contribution in [0, 0.1) is 0 Å². The molecule has 0 aliphatic heterocycles. The summed E-state index contributed by atoms with van der Waals surface area (Å²) in [6.07, 6.45) is 74.0. The van der Waals surface area contributed by atoms with Crippen molar-refractivity contribution in [2.45, 2.75) is 379 Å². The lowest BCUT2D eigenvalue weighted by molar-refractivity contribution is -0.125. The van der Waals surface area contributed by atoms with Crippen LogP contribution in [0.25, 0.3) is 0 Å². The van der Waals surface area contributed by atoms with Gasteiger partial charge in [0.1, 0.15) is 0 Å². The van der Waals surface area contributed by atoms with Crippen LogP contribution in [0.2, 0.25) is 0 Å². The molecule has 406 valence electrons. The van der Waals surface area contributed by atoms with Gasteiger partial charge < -0.3 is 20.6 Å². The average molecular weight is 961 g/mol. The normalized spacial score (nSPS) is 13.2. The van der Waals surface area contributed by atoms with Crippen molar-refractivity contribution in [3.05, 3.63) is 12.2 Å². The Morgan fingerprint density at radius 1 is 0.353 bits per heavy atom. The number of aliphatic hydroxyl groups is 3. The first-order valence-corrected chi connectivity index (χ1v) is 31.5. The van der Waals surface area contributed by atoms with Gasteiger partial charge in [-0.3, -0.25) is 4.79 Å². The molecule has 0 aromatic rings. The van der Waals surface area contributed by atoms with E-state index in [1.807, 2.05) is 0 Å². The second-order valence-electron chi connectivity index (χ2n) is 22.0. The average Bonchev–Trinajstić information content (AvgIpc) is 3.33. The van der Waals surface area contributed by atoms with Crippen molar-refractivity contribution in [2.75, 3.05) is 6.61 Å². The maximum absolute atomic E-state index is 12.6. The van der Waals surface area contributed by atoms with Crippen LogP contribution in [0.4, 0.5) is 0 Å². The van der Waals surface area contributed by atoms with E-state index in [-0.39, 0.29) is 18.9 Å². The molecule has 1 amide bonds. The Hall–Kier alpha value is -0.910. The van der Waals surface area contributed by atoms with Gasteiger partial charge in [0.15, 0.2) is 0 Å². The molecule has 68 heavy (non-hydrogen) atoms. The topological polar surface area (TPSA) is 89.8 Å². The van der Waals surface area contributed by atoms with Crippen LogP contribution in [-0.4, -0.2) is 46.1 Å². The molecule has 5 heteroatoms. The standard InChI is InChI=1S/C63H125NO4/c1-3-5-7-9-11-13-15-17-19-21-23-25-27-29-30-31-32-33-34-36-38-40-42-44-46-48-50-52-54-56-60(66)58-63(68)64-61(59-65)62(67)57-55-53-51-49-47-45-43-41-39-37-35-28-26-24-22-20-18-16-14-12-10-8-6-4-2/h29-30,60-62,65-67H,3-28,31-59H2,1-2H3,(H,64,68)/b30-29-. The lowest BCUT2D eigenvalue weighted by Gasteiger charge is -2.23. The van der Waals surface area contributed by atoms with Crippen LogP contribution in [0.5, 0.6) is 0 Å². The van der Waals surface area contributed by atoms with Crippen molar-refractivity contribution in [3.8, 4) is 0 Å². The molecule has 3 unspecified atom stereocenters. The monoisotopic (exact) mass is 960 g/mol. The number of aliphatic hydroxyl groups excluding tert-OH is 3. The molecule has 0 fully saturated rings. The first kappa shape index (κ1) is 67.1. The first-order valence-electron chi connectivity index (χ1n) is 31.5. The highest BCUT2D eigenvalue weighted by Crippen LogP contribution is 2.19. The van der Waals surface area contributed by atoms with Gasteiger partial charge in [0.05, 0.1) is 31.3 Å². The number of allylic oxidation sites excluding steroid dienone is 2. The van der Waals surface area contributed by atoms with Gasteiger partial charge in [-0.1, -0.05) is 328 Å². The minimum Gasteiger partial charge on any atom is -0.394 e. The van der Waals surface area contributed by atoms with E-state index in [4.69, 9.17) is 0 Å². The van der Waals surface area contributed by atoms with Crippen LogP contribution in [0.1, 0.15) is 361 Å². The van der Waals surface area contributed by atoms with Gasteiger partial charge in [-0.2, -0.15) is 0 Å². The van der Waals surface area contributed by atoms with E-state index in [0.717, 1.165) is 25.7 Å². The van der Waals surface area contributed by atoms with Crippen molar-refractivity contribution in [3.63, 3.8) is 0 Å². The highest BCUT2D eigenvalue weighted by molar-refractivity contribution is 5.76. The molecule has 0 aromatic heterocycles. The maximum Gasteiger partial charge on any atom is 0.222 e. The van der Waals surface area contributed by atoms with Crippen molar-refractivity contribution in [1.29, 1.82) is 0 Å². The van der Waals surface area contributed by atoms with E-state index in [1.54, 1.807) is 0 Å². The van der Waals surface area contributed by atoms with Crippen molar-refractivity contribution in [2.24, 2.45) is 0 Å². The summed E-state index contributed by atoms with van der Waals surface area (Å²) in [6, 6.07) is -0.657. The molecule has 3 atom stereocenters. The van der Waals surface area contributed by atoms with Gasteiger partial charge in [-0.15, -0.1) is 0 Å². The number of hydrogen-bond donors (Lipinski definition) is 4. The molecular weight excluding hydrogens is 835 g/mol. The maximum atomic E-state index is 12.6. The van der Waals surface area contributed by atoms with Crippen molar-refractivity contribution >= 4 is 5.91 Å². The van der Waals surface area contributed by atoms with E-state index in [2.05, 4.69) is 31.3 Å². The van der Waals surface area contributed by atoms with E-state index >= 15 is 0 Å². The summed E-state index contributed by atoms with van der Waals surface area (Å²) in [5, 5.41) is 33.7. The zero-order valence-corrected chi connectivity index (χ0v) is 46.5. The summed E-state index contributed by atoms with van der Waals surface area (Å²) in [6.45, 7) is 4.31. The number of amides is 1. The van der Waals surface area contributed by atoms with Crippen LogP contribution in [0.3, 0.4) is 0 Å². The van der Waals surface area contributed by atoms with E-state index < -0.39 is 18.2 Å². The van der Waals surface area contributed by atoms with Gasteiger partial charge in [0, 0.05) is 0 Å². The molecule has 0 heterocycles. The van der Waals surface area contributed by atoms with Crippen LogP contribution in [-0.2, 0) is 4.79 Å². The molecule has 0 saturated heterocycles. The van der Waals surface area contributed by atoms with E-state index in [9.17, 15) is 20.1 Å². The Morgan fingerprint density at radius 2 is 0.588 bits per heavy atom. The second-order valence-corrected chi connectivity index (χ2v) is 22.0. The minimum absolute atomic E-state index is 0.0410. The predicted octanol–water partition coefficient (Wildman–Crippen LogP) is 19.8. The largest absolute Gasteiger partial charge is 0.394 e. The van der Waals surface area contributed by atoms with Crippen LogP contribution < -0.4 is 5.32 Å². The third kappa shape index (κ3) is 54.4. The molecule has 0 radical (unpaired) electrons. The number of carbonyl (C=O) groups is 1. The Labute approximate surface area is 427 Å². The summed E-state index contributed by atoms with van der Waals surface area (Å²) in [7, 11) is 0. The smallest absolute Gasteiger partial charge is 0.222 e. The lowest BCUT2D eigenvalue weighted by atomic mass is 10.0. The SMILES string of the molecule is CCCCCCCCCCCCCC/C=C\CCCCCCCCCCCCCCCC(O)CC(=O)NC(CO)C(O)CCCCCCCCCCCCCCCCCCCCCCCCCC. The fourth-order valence-electron chi connectivity index (χ4n) is 10.3. The molecular formula is C63H125NO4. The van der Waals surface area contributed by atoms with Crippen LogP contribution in [0.15, 0.2) is 12.2 Å². The van der Waals surface area contributed by atoms with Crippen LogP contribution >= 0.6 is 0 Å². The highest BCUT2D eigenvalue weighted by Gasteiger charge is 2.21. The second kappa shape index (κ2) is 58.7. The summed E-state index contributed by atoms with van der Waals surface area (Å²) in [4.78, 5) is 12.6. The number of rotatable bonds is 59. The van der Waals surface area contributed by atoms with E-state index in [0.29, 0.717) is 12.8 Å². The van der Waals surface area contributed by atoms with Gasteiger partial charge in [0.2, 0.25) is 5.91 Å². The van der Waals surface area contributed by atoms with Gasteiger partial charge >= 0.3 is 0 Å². The van der Waals surface area contributed by atoms with Gasteiger partial charge in [-0.05, 0) is 38.5 Å². The van der Waals surface area contributed by atoms with Gasteiger partial charge in [-0.25, -0.2) is 0 Å². The molecule has 0 rings (SSSR count). The lowest BCUT2D eigenvalue weighted by Crippen LogP contribution is -2.46. The molecule has 4 N–H and O–H groups in total. The Kier molecular flexibility index (Phi) is 57.9. The zero-order chi connectivity index (χ0) is 49.3. The Morgan fingerprint density at radius 3 is 0.853 bits per heavy atom. The summed E-state index contributed by atoms with van der Waals surface area (Å²) in [5.41, 5.74) is 0. The Balaban J connectivity index is 3.48. The third-order valence-corrected chi connectivity index (χ3v) is 15.1. The number of nitrogens with one attached hydrogen (secondary N) is 1.